The van der Waals surface area contributed by atoms with Crippen LogP contribution in [0.1, 0.15) is 40.2 Å². The van der Waals surface area contributed by atoms with Crippen molar-refractivity contribution in [1.82, 2.24) is 10.2 Å². The Labute approximate surface area is 140 Å². The topological polar surface area (TPSA) is 65.2 Å². The Morgan fingerprint density at radius 2 is 1.87 bits per heavy atom. The van der Waals surface area contributed by atoms with Gasteiger partial charge in [-0.05, 0) is 37.0 Å². The van der Waals surface area contributed by atoms with Crippen molar-refractivity contribution < 1.29 is 13.9 Å². The van der Waals surface area contributed by atoms with Crippen molar-refractivity contribution in [2.45, 2.75) is 51.4 Å². The van der Waals surface area contributed by atoms with Crippen LogP contribution in [0, 0.1) is 0 Å². The lowest BCUT2D eigenvalue weighted by molar-refractivity contribution is -0.144. The third-order valence-electron chi connectivity index (χ3n) is 3.08. The number of rotatable bonds is 5. The molecule has 1 heterocycles. The summed E-state index contributed by atoms with van der Waals surface area (Å²) in [6, 6.07) is 8.06. The summed E-state index contributed by atoms with van der Waals surface area (Å²) in [6.07, 6.45) is -0.123. The summed E-state index contributed by atoms with van der Waals surface area (Å²) < 4.78 is 10.6. The Kier molecular flexibility index (Phi) is 5.46. The highest BCUT2D eigenvalue weighted by Crippen LogP contribution is 2.27. The fraction of sp³-hybridized carbons (Fsp3) is 0.471. The normalized spacial score (nSPS) is 11.7. The van der Waals surface area contributed by atoms with Gasteiger partial charge in [0.25, 0.3) is 5.22 Å². The molecule has 2 aromatic rings. The molecule has 0 N–H and O–H groups in total. The van der Waals surface area contributed by atoms with Gasteiger partial charge in [-0.2, -0.15) is 0 Å². The monoisotopic (exact) mass is 334 g/mol. The van der Waals surface area contributed by atoms with Crippen LogP contribution in [0.4, 0.5) is 0 Å². The molecular formula is C17H22N2O3S. The summed E-state index contributed by atoms with van der Waals surface area (Å²) >= 11 is 1.18. The van der Waals surface area contributed by atoms with Crippen LogP contribution in [-0.4, -0.2) is 28.0 Å². The van der Waals surface area contributed by atoms with E-state index in [9.17, 15) is 4.79 Å². The van der Waals surface area contributed by atoms with Crippen molar-refractivity contribution in [3.05, 3.63) is 29.8 Å². The molecule has 6 heteroatoms. The van der Waals surface area contributed by atoms with E-state index in [1.807, 2.05) is 26.0 Å². The number of nitrogens with zero attached hydrogens (tertiary/aromatic N) is 2. The number of ether oxygens (including phenoxy) is 1. The molecule has 0 amide bonds. The molecule has 0 saturated heterocycles. The minimum atomic E-state index is -0.292. The van der Waals surface area contributed by atoms with Crippen molar-refractivity contribution in [3.8, 4) is 11.5 Å². The molecule has 0 unspecified atom stereocenters. The Morgan fingerprint density at radius 3 is 2.43 bits per heavy atom. The van der Waals surface area contributed by atoms with Crippen LogP contribution in [0.3, 0.4) is 0 Å². The first kappa shape index (κ1) is 17.5. The van der Waals surface area contributed by atoms with Gasteiger partial charge in [0.15, 0.2) is 0 Å². The average Bonchev–Trinajstić information content (AvgIpc) is 2.92. The lowest BCUT2D eigenvalue weighted by Crippen LogP contribution is -2.13. The predicted octanol–water partition coefficient (Wildman–Crippen LogP) is 4.08. The van der Waals surface area contributed by atoms with Crippen molar-refractivity contribution >= 4 is 17.7 Å². The summed E-state index contributed by atoms with van der Waals surface area (Å²) in [5.74, 6) is 0.312. The van der Waals surface area contributed by atoms with Crippen LogP contribution in [0.15, 0.2) is 33.9 Å². The highest BCUT2D eigenvalue weighted by Gasteiger charge is 2.15. The molecule has 0 aliphatic rings. The van der Waals surface area contributed by atoms with Crippen molar-refractivity contribution in [2.75, 3.05) is 5.75 Å². The number of hydrogen-bond acceptors (Lipinski definition) is 6. The van der Waals surface area contributed by atoms with Crippen LogP contribution in [0.25, 0.3) is 11.5 Å². The van der Waals surface area contributed by atoms with E-state index in [0.717, 1.165) is 5.56 Å². The molecule has 1 aromatic carbocycles. The second-order valence-electron chi connectivity index (χ2n) is 6.53. The van der Waals surface area contributed by atoms with Crippen molar-refractivity contribution in [3.63, 3.8) is 0 Å². The SMILES string of the molecule is CC(C)OC(=O)CSc1nnc(-c2ccc(C(C)(C)C)cc2)o1. The van der Waals surface area contributed by atoms with E-state index in [4.69, 9.17) is 9.15 Å². The Morgan fingerprint density at radius 1 is 1.22 bits per heavy atom. The number of esters is 1. The van der Waals surface area contributed by atoms with E-state index >= 15 is 0 Å². The number of hydrogen-bond donors (Lipinski definition) is 0. The zero-order valence-electron chi connectivity index (χ0n) is 14.1. The first-order valence-corrected chi connectivity index (χ1v) is 8.51. The van der Waals surface area contributed by atoms with Crippen LogP contribution in [-0.2, 0) is 14.9 Å². The summed E-state index contributed by atoms with van der Waals surface area (Å²) in [5.41, 5.74) is 2.21. The molecule has 124 valence electrons. The molecule has 0 radical (unpaired) electrons. The molecule has 0 bridgehead atoms. The Balaban J connectivity index is 2.00. The molecule has 23 heavy (non-hydrogen) atoms. The second-order valence-corrected chi connectivity index (χ2v) is 7.45. The van der Waals surface area contributed by atoms with Crippen molar-refractivity contribution in [1.29, 1.82) is 0 Å². The van der Waals surface area contributed by atoms with E-state index in [1.54, 1.807) is 0 Å². The fourth-order valence-electron chi connectivity index (χ4n) is 1.92. The second kappa shape index (κ2) is 7.17. The molecule has 0 spiro atoms. The van der Waals surface area contributed by atoms with Gasteiger partial charge in [-0.3, -0.25) is 4.79 Å². The summed E-state index contributed by atoms with van der Waals surface area (Å²) in [4.78, 5) is 11.5. The maximum Gasteiger partial charge on any atom is 0.316 e. The van der Waals surface area contributed by atoms with Gasteiger partial charge < -0.3 is 9.15 Å². The predicted molar refractivity (Wildman–Crippen MR) is 90.4 cm³/mol. The summed E-state index contributed by atoms with van der Waals surface area (Å²) in [6.45, 7) is 10.1. The van der Waals surface area contributed by atoms with Gasteiger partial charge in [-0.1, -0.05) is 44.7 Å². The van der Waals surface area contributed by atoms with E-state index in [0.29, 0.717) is 11.1 Å². The third-order valence-corrected chi connectivity index (χ3v) is 3.88. The number of carbonyl (C=O) groups is 1. The highest BCUT2D eigenvalue weighted by molar-refractivity contribution is 7.99. The van der Waals surface area contributed by atoms with Gasteiger partial charge in [0.05, 0.1) is 6.10 Å². The van der Waals surface area contributed by atoms with Gasteiger partial charge in [0.2, 0.25) is 5.89 Å². The third kappa shape index (κ3) is 5.10. The molecule has 2 rings (SSSR count). The van der Waals surface area contributed by atoms with Gasteiger partial charge in [0.1, 0.15) is 5.75 Å². The molecule has 5 nitrogen and oxygen atoms in total. The molecule has 0 atom stereocenters. The summed E-state index contributed by atoms with van der Waals surface area (Å²) in [5, 5.41) is 8.34. The smallest absolute Gasteiger partial charge is 0.316 e. The average molecular weight is 334 g/mol. The Hall–Kier alpha value is -1.82. The lowest BCUT2D eigenvalue weighted by atomic mass is 9.87. The molecule has 0 aliphatic heterocycles. The largest absolute Gasteiger partial charge is 0.462 e. The maximum atomic E-state index is 11.5. The molecule has 1 aromatic heterocycles. The number of thioether (sulfide) groups is 1. The van der Waals surface area contributed by atoms with Gasteiger partial charge in [0, 0.05) is 5.56 Å². The van der Waals surface area contributed by atoms with Crippen molar-refractivity contribution in [2.24, 2.45) is 0 Å². The minimum Gasteiger partial charge on any atom is -0.462 e. The van der Waals surface area contributed by atoms with E-state index in [-0.39, 0.29) is 23.2 Å². The maximum absolute atomic E-state index is 11.5. The van der Waals surface area contributed by atoms with E-state index in [1.165, 1.54) is 17.3 Å². The minimum absolute atomic E-state index is 0.102. The highest BCUT2D eigenvalue weighted by atomic mass is 32.2. The first-order valence-electron chi connectivity index (χ1n) is 7.52. The van der Waals surface area contributed by atoms with E-state index in [2.05, 4.69) is 43.1 Å². The van der Waals surface area contributed by atoms with Crippen LogP contribution in [0.2, 0.25) is 0 Å². The van der Waals surface area contributed by atoms with Crippen LogP contribution < -0.4 is 0 Å². The van der Waals surface area contributed by atoms with Gasteiger partial charge >= 0.3 is 5.97 Å². The standard InChI is InChI=1S/C17H22N2O3S/c1-11(2)21-14(20)10-23-16-19-18-15(22-16)12-6-8-13(9-7-12)17(3,4)5/h6-9,11H,10H2,1-5H3. The molecule has 0 fully saturated rings. The zero-order valence-corrected chi connectivity index (χ0v) is 14.9. The van der Waals surface area contributed by atoms with Crippen LogP contribution >= 0.6 is 11.8 Å². The molecular weight excluding hydrogens is 312 g/mol. The first-order chi connectivity index (χ1) is 10.8. The number of aromatic nitrogens is 2. The number of carbonyl (C=O) groups excluding carboxylic acids is 1. The fourth-order valence-corrected chi connectivity index (χ4v) is 2.46. The van der Waals surface area contributed by atoms with Crippen LogP contribution in [0.5, 0.6) is 0 Å². The number of benzene rings is 1. The van der Waals surface area contributed by atoms with Gasteiger partial charge in [-0.25, -0.2) is 0 Å². The molecule has 0 saturated carbocycles. The van der Waals surface area contributed by atoms with Gasteiger partial charge in [-0.15, -0.1) is 10.2 Å². The molecule has 0 aliphatic carbocycles. The lowest BCUT2D eigenvalue weighted by Gasteiger charge is -2.18. The summed E-state index contributed by atoms with van der Waals surface area (Å²) in [7, 11) is 0. The Bertz CT molecular complexity index is 657. The zero-order chi connectivity index (χ0) is 17.0. The quantitative estimate of drug-likeness (QED) is 0.606. The van der Waals surface area contributed by atoms with E-state index < -0.39 is 0 Å².